The number of hydrogen-bond acceptors (Lipinski definition) is 3. The highest BCUT2D eigenvalue weighted by atomic mass is 19.1. The summed E-state index contributed by atoms with van der Waals surface area (Å²) in [7, 11) is 1.60. The molecule has 0 heterocycles. The quantitative estimate of drug-likeness (QED) is 0.676. The first-order chi connectivity index (χ1) is 12.6. The van der Waals surface area contributed by atoms with E-state index in [9.17, 15) is 14.0 Å². The zero-order chi connectivity index (χ0) is 18.8. The normalized spacial score (nSPS) is 10.2. The van der Waals surface area contributed by atoms with Crippen LogP contribution in [0.2, 0.25) is 0 Å². The number of amides is 2. The van der Waals surface area contributed by atoms with Gasteiger partial charge in [0.1, 0.15) is 18.0 Å². The lowest BCUT2D eigenvalue weighted by molar-refractivity contribution is -0.129. The van der Waals surface area contributed by atoms with Crippen molar-refractivity contribution in [3.05, 3.63) is 65.5 Å². The van der Waals surface area contributed by atoms with Gasteiger partial charge < -0.3 is 15.4 Å². The Bertz CT molecular complexity index is 749. The number of nitrogens with one attached hydrogen (secondary N) is 2. The summed E-state index contributed by atoms with van der Waals surface area (Å²) in [5.74, 6) is -0.247. The van der Waals surface area contributed by atoms with E-state index in [1.807, 2.05) is 24.3 Å². The maximum Gasteiger partial charge on any atom is 0.229 e. The molecule has 2 aromatic rings. The van der Waals surface area contributed by atoms with Crippen LogP contribution in [0.5, 0.6) is 5.75 Å². The average molecular weight is 358 g/mol. The first-order valence-electron chi connectivity index (χ1n) is 8.49. The molecule has 0 fully saturated rings. The van der Waals surface area contributed by atoms with Crippen LogP contribution in [0, 0.1) is 5.82 Å². The number of rotatable bonds is 9. The Morgan fingerprint density at radius 2 is 1.42 bits per heavy atom. The third kappa shape index (κ3) is 6.20. The fraction of sp³-hybridized carbons (Fsp3) is 0.300. The number of para-hydroxylation sites is 1. The van der Waals surface area contributed by atoms with Crippen LogP contribution in [-0.2, 0) is 22.4 Å². The van der Waals surface area contributed by atoms with Crippen molar-refractivity contribution in [1.29, 1.82) is 0 Å². The molecule has 5 nitrogen and oxygen atoms in total. The van der Waals surface area contributed by atoms with E-state index in [4.69, 9.17) is 4.74 Å². The maximum atomic E-state index is 13.5. The first kappa shape index (κ1) is 19.4. The van der Waals surface area contributed by atoms with E-state index < -0.39 is 0 Å². The minimum Gasteiger partial charge on any atom is -0.496 e. The number of carbonyl (C=O) groups excluding carboxylic acids is 2. The van der Waals surface area contributed by atoms with Crippen LogP contribution in [0.4, 0.5) is 4.39 Å². The van der Waals surface area contributed by atoms with Crippen molar-refractivity contribution in [2.24, 2.45) is 0 Å². The SMILES string of the molecule is COc1ccccc1CCNC(=O)CC(=O)NCCc1ccccc1F. The molecule has 0 spiro atoms. The molecule has 0 aromatic heterocycles. The molecule has 0 unspecified atom stereocenters. The van der Waals surface area contributed by atoms with Crippen molar-refractivity contribution >= 4 is 11.8 Å². The summed E-state index contributed by atoms with van der Waals surface area (Å²) < 4.78 is 18.7. The summed E-state index contributed by atoms with van der Waals surface area (Å²) in [5.41, 5.74) is 1.53. The van der Waals surface area contributed by atoms with Crippen LogP contribution < -0.4 is 15.4 Å². The standard InChI is InChI=1S/C20H23FN2O3/c1-26-18-9-5-3-7-16(18)11-13-23-20(25)14-19(24)22-12-10-15-6-2-4-8-17(15)21/h2-9H,10-14H2,1H3,(H,22,24)(H,23,25). The topological polar surface area (TPSA) is 67.4 Å². The van der Waals surface area contributed by atoms with E-state index in [1.54, 1.807) is 25.3 Å². The first-order valence-corrected chi connectivity index (χ1v) is 8.49. The van der Waals surface area contributed by atoms with Crippen LogP contribution in [0.1, 0.15) is 17.5 Å². The molecule has 0 bridgehead atoms. The van der Waals surface area contributed by atoms with Crippen molar-refractivity contribution in [1.82, 2.24) is 10.6 Å². The maximum absolute atomic E-state index is 13.5. The third-order valence-corrected chi connectivity index (χ3v) is 3.90. The molecule has 0 atom stereocenters. The van der Waals surface area contributed by atoms with Gasteiger partial charge in [-0.15, -0.1) is 0 Å². The molecule has 2 N–H and O–H groups in total. The molecular formula is C20H23FN2O3. The number of hydrogen-bond donors (Lipinski definition) is 2. The lowest BCUT2D eigenvalue weighted by Gasteiger charge is -2.09. The summed E-state index contributed by atoms with van der Waals surface area (Å²) in [6.07, 6.45) is 0.752. The van der Waals surface area contributed by atoms with Gasteiger partial charge in [0.2, 0.25) is 11.8 Å². The Morgan fingerprint density at radius 1 is 0.885 bits per heavy atom. The third-order valence-electron chi connectivity index (χ3n) is 3.90. The van der Waals surface area contributed by atoms with Crippen LogP contribution in [0.15, 0.2) is 48.5 Å². The van der Waals surface area contributed by atoms with Crippen LogP contribution in [0.25, 0.3) is 0 Å². The molecule has 2 aromatic carbocycles. The van der Waals surface area contributed by atoms with Gasteiger partial charge in [-0.1, -0.05) is 36.4 Å². The van der Waals surface area contributed by atoms with E-state index in [2.05, 4.69) is 10.6 Å². The Kier molecular flexibility index (Phi) is 7.61. The molecule has 0 radical (unpaired) electrons. The second-order valence-corrected chi connectivity index (χ2v) is 5.78. The molecule has 2 amide bonds. The van der Waals surface area contributed by atoms with Gasteiger partial charge in [0.25, 0.3) is 0 Å². The molecule has 0 aliphatic heterocycles. The summed E-state index contributed by atoms with van der Waals surface area (Å²) in [6.45, 7) is 0.704. The van der Waals surface area contributed by atoms with Gasteiger partial charge >= 0.3 is 0 Å². The highest BCUT2D eigenvalue weighted by Gasteiger charge is 2.10. The second kappa shape index (κ2) is 10.2. The Morgan fingerprint density at radius 3 is 2.04 bits per heavy atom. The highest BCUT2D eigenvalue weighted by molar-refractivity contribution is 5.96. The fourth-order valence-electron chi connectivity index (χ4n) is 2.55. The van der Waals surface area contributed by atoms with Gasteiger partial charge in [0.15, 0.2) is 0 Å². The number of ether oxygens (including phenoxy) is 1. The molecule has 0 aliphatic rings. The number of halogens is 1. The molecule has 0 saturated carbocycles. The summed E-state index contributed by atoms with van der Waals surface area (Å²) in [5, 5.41) is 5.34. The van der Waals surface area contributed by atoms with Crippen molar-refractivity contribution in [3.63, 3.8) is 0 Å². The summed E-state index contributed by atoms with van der Waals surface area (Å²) >= 11 is 0. The molecule has 2 rings (SSSR count). The lowest BCUT2D eigenvalue weighted by atomic mass is 10.1. The zero-order valence-electron chi connectivity index (χ0n) is 14.8. The molecule has 138 valence electrons. The van der Waals surface area contributed by atoms with Crippen LogP contribution >= 0.6 is 0 Å². The predicted octanol–water partition coefficient (Wildman–Crippen LogP) is 2.24. The lowest BCUT2D eigenvalue weighted by Crippen LogP contribution is -2.33. The zero-order valence-corrected chi connectivity index (χ0v) is 14.8. The summed E-state index contributed by atoms with van der Waals surface area (Å²) in [4.78, 5) is 23.6. The Labute approximate surface area is 152 Å². The smallest absolute Gasteiger partial charge is 0.229 e. The number of carbonyl (C=O) groups is 2. The van der Waals surface area contributed by atoms with Gasteiger partial charge in [-0.2, -0.15) is 0 Å². The van der Waals surface area contributed by atoms with Crippen molar-refractivity contribution in [2.45, 2.75) is 19.3 Å². The monoisotopic (exact) mass is 358 g/mol. The molecule has 0 aliphatic carbocycles. The van der Waals surface area contributed by atoms with Crippen molar-refractivity contribution in [3.8, 4) is 5.75 Å². The van der Waals surface area contributed by atoms with Crippen LogP contribution in [0.3, 0.4) is 0 Å². The van der Waals surface area contributed by atoms with Gasteiger partial charge in [-0.05, 0) is 36.1 Å². The minimum absolute atomic E-state index is 0.247. The van der Waals surface area contributed by atoms with Crippen molar-refractivity contribution in [2.75, 3.05) is 20.2 Å². The van der Waals surface area contributed by atoms with Crippen LogP contribution in [-0.4, -0.2) is 32.0 Å². The Balaban J connectivity index is 1.66. The number of methoxy groups -OCH3 is 1. The summed E-state index contributed by atoms with van der Waals surface area (Å²) in [6, 6.07) is 14.0. The van der Waals surface area contributed by atoms with E-state index in [0.717, 1.165) is 11.3 Å². The Hall–Kier alpha value is -2.89. The predicted molar refractivity (Wildman–Crippen MR) is 97.4 cm³/mol. The van der Waals surface area contributed by atoms with Crippen molar-refractivity contribution < 1.29 is 18.7 Å². The van der Waals surface area contributed by atoms with E-state index in [0.29, 0.717) is 24.9 Å². The van der Waals surface area contributed by atoms with E-state index >= 15 is 0 Å². The molecule has 0 saturated heterocycles. The second-order valence-electron chi connectivity index (χ2n) is 5.78. The fourth-order valence-corrected chi connectivity index (χ4v) is 2.55. The van der Waals surface area contributed by atoms with Gasteiger partial charge in [0, 0.05) is 13.1 Å². The minimum atomic E-state index is -0.379. The molecular weight excluding hydrogens is 335 g/mol. The molecule has 26 heavy (non-hydrogen) atoms. The van der Waals surface area contributed by atoms with E-state index in [-0.39, 0.29) is 30.6 Å². The highest BCUT2D eigenvalue weighted by Crippen LogP contribution is 2.17. The average Bonchev–Trinajstić information content (AvgIpc) is 2.63. The van der Waals surface area contributed by atoms with Gasteiger partial charge in [0.05, 0.1) is 7.11 Å². The molecule has 6 heteroatoms. The number of benzene rings is 2. The van der Waals surface area contributed by atoms with E-state index in [1.165, 1.54) is 6.07 Å². The van der Waals surface area contributed by atoms with Gasteiger partial charge in [-0.3, -0.25) is 9.59 Å². The van der Waals surface area contributed by atoms with Gasteiger partial charge in [-0.25, -0.2) is 4.39 Å². The largest absolute Gasteiger partial charge is 0.496 e.